The zero-order valence-electron chi connectivity index (χ0n) is 22.2. The first-order valence-electron chi connectivity index (χ1n) is 14.0. The molecule has 6 aromatic carbocycles. The summed E-state index contributed by atoms with van der Waals surface area (Å²) < 4.78 is 6.12. The van der Waals surface area contributed by atoms with Crippen LogP contribution in [-0.2, 0) is 0 Å². The van der Waals surface area contributed by atoms with Gasteiger partial charge in [0.25, 0.3) is 0 Å². The van der Waals surface area contributed by atoms with E-state index in [0.717, 1.165) is 0 Å². The van der Waals surface area contributed by atoms with E-state index in [1.807, 2.05) is 11.3 Å². The van der Waals surface area contributed by atoms with E-state index in [1.54, 1.807) is 0 Å². The van der Waals surface area contributed by atoms with Crippen LogP contribution in [0.1, 0.15) is 0 Å². The van der Waals surface area contributed by atoms with Crippen LogP contribution in [-0.4, -0.2) is 9.13 Å². The molecular formula is C38H24N2S. The van der Waals surface area contributed by atoms with Gasteiger partial charge < -0.3 is 9.13 Å². The number of rotatable bonds is 3. The molecule has 0 aliphatic rings. The van der Waals surface area contributed by atoms with Crippen molar-refractivity contribution in [2.45, 2.75) is 0 Å². The molecule has 3 heterocycles. The Labute approximate surface area is 240 Å². The average Bonchev–Trinajstić information content (AvgIpc) is 3.68. The van der Waals surface area contributed by atoms with Gasteiger partial charge >= 0.3 is 0 Å². The summed E-state index contributed by atoms with van der Waals surface area (Å²) >= 11 is 1.87. The first kappa shape index (κ1) is 22.7. The van der Waals surface area contributed by atoms with Gasteiger partial charge in [-0.25, -0.2) is 0 Å². The Morgan fingerprint density at radius 1 is 0.390 bits per heavy atom. The Balaban J connectivity index is 1.31. The lowest BCUT2D eigenvalue weighted by atomic mass is 10.0. The minimum atomic E-state index is 1.18. The summed E-state index contributed by atoms with van der Waals surface area (Å²) in [7, 11) is 0. The first-order valence-corrected chi connectivity index (χ1v) is 14.8. The SMILES string of the molecule is c1ccc(-n2c3ccccc3c3cc(-c4ccc5c(c4)c4c6ccccc6sc4n5-c4ccccc4)ccc32)cc1. The molecule has 0 aliphatic heterocycles. The second-order valence-electron chi connectivity index (χ2n) is 10.6. The zero-order valence-corrected chi connectivity index (χ0v) is 23.0. The number of aromatic nitrogens is 2. The smallest absolute Gasteiger partial charge is 0.109 e. The lowest BCUT2D eigenvalue weighted by Crippen LogP contribution is -1.93. The number of fused-ring (bicyclic) bond motifs is 8. The summed E-state index contributed by atoms with van der Waals surface area (Å²) in [6, 6.07) is 52.8. The van der Waals surface area contributed by atoms with Crippen molar-refractivity contribution in [1.29, 1.82) is 0 Å². The average molecular weight is 541 g/mol. The summed E-state index contributed by atoms with van der Waals surface area (Å²) in [6.07, 6.45) is 0. The summed E-state index contributed by atoms with van der Waals surface area (Å²) in [5.74, 6) is 0. The van der Waals surface area contributed by atoms with Gasteiger partial charge in [-0.05, 0) is 71.8 Å². The standard InChI is InChI=1S/C38H24N2S/c1-3-11-27(12-4-1)39-33-17-9-7-15-29(33)31-23-25(19-21-34(31)39)26-20-22-35-32(24-26)37-30-16-8-10-18-36(30)41-38(37)40(35)28-13-5-2-6-14-28/h1-24H. The van der Waals surface area contributed by atoms with Gasteiger partial charge in [0.1, 0.15) is 4.83 Å². The van der Waals surface area contributed by atoms with Crippen LogP contribution >= 0.6 is 11.3 Å². The number of benzene rings is 6. The van der Waals surface area contributed by atoms with Gasteiger partial charge in [-0.1, -0.05) is 84.9 Å². The molecule has 0 aliphatic carbocycles. The van der Waals surface area contributed by atoms with Crippen molar-refractivity contribution >= 4 is 64.3 Å². The number of hydrogen-bond donors (Lipinski definition) is 0. The largest absolute Gasteiger partial charge is 0.309 e. The van der Waals surface area contributed by atoms with Crippen molar-refractivity contribution in [2.75, 3.05) is 0 Å². The molecule has 3 aromatic heterocycles. The van der Waals surface area contributed by atoms with Crippen LogP contribution in [0.3, 0.4) is 0 Å². The lowest BCUT2D eigenvalue weighted by Gasteiger charge is -2.09. The molecule has 41 heavy (non-hydrogen) atoms. The molecule has 9 aromatic rings. The number of hydrogen-bond acceptors (Lipinski definition) is 1. The predicted molar refractivity (Wildman–Crippen MR) is 176 cm³/mol. The first-order chi connectivity index (χ1) is 20.3. The van der Waals surface area contributed by atoms with E-state index in [2.05, 4.69) is 155 Å². The van der Waals surface area contributed by atoms with Crippen molar-refractivity contribution in [3.63, 3.8) is 0 Å². The molecule has 192 valence electrons. The van der Waals surface area contributed by atoms with Crippen molar-refractivity contribution in [2.24, 2.45) is 0 Å². The molecule has 3 heteroatoms. The highest BCUT2D eigenvalue weighted by atomic mass is 32.1. The maximum absolute atomic E-state index is 2.43. The quantitative estimate of drug-likeness (QED) is 0.211. The maximum atomic E-state index is 2.43. The van der Waals surface area contributed by atoms with Crippen LogP contribution in [0.4, 0.5) is 0 Å². The van der Waals surface area contributed by atoms with Crippen molar-refractivity contribution in [3.05, 3.63) is 146 Å². The highest BCUT2D eigenvalue weighted by Gasteiger charge is 2.19. The second-order valence-corrected chi connectivity index (χ2v) is 11.6. The van der Waals surface area contributed by atoms with Gasteiger partial charge in [0.05, 0.1) is 16.6 Å². The van der Waals surface area contributed by atoms with E-state index in [1.165, 1.54) is 75.5 Å². The van der Waals surface area contributed by atoms with E-state index in [9.17, 15) is 0 Å². The molecule has 0 saturated heterocycles. The number of thiophene rings is 1. The molecule has 9 rings (SSSR count). The van der Waals surface area contributed by atoms with Crippen LogP contribution in [0.15, 0.2) is 146 Å². The molecule has 0 spiro atoms. The van der Waals surface area contributed by atoms with E-state index in [4.69, 9.17) is 0 Å². The Bertz CT molecular complexity index is 2410. The molecule has 0 radical (unpaired) electrons. The van der Waals surface area contributed by atoms with Crippen LogP contribution in [0.25, 0.3) is 75.5 Å². The molecule has 0 amide bonds. The van der Waals surface area contributed by atoms with Crippen molar-refractivity contribution in [3.8, 4) is 22.5 Å². The molecular weight excluding hydrogens is 516 g/mol. The van der Waals surface area contributed by atoms with Crippen molar-refractivity contribution in [1.82, 2.24) is 9.13 Å². The Morgan fingerprint density at radius 3 is 1.66 bits per heavy atom. The third-order valence-corrected chi connectivity index (χ3v) is 9.48. The van der Waals surface area contributed by atoms with Gasteiger partial charge in [0.2, 0.25) is 0 Å². The topological polar surface area (TPSA) is 9.86 Å². The van der Waals surface area contributed by atoms with Gasteiger partial charge in [0, 0.05) is 43.0 Å². The highest BCUT2D eigenvalue weighted by Crippen LogP contribution is 2.44. The molecule has 0 N–H and O–H groups in total. The van der Waals surface area contributed by atoms with E-state index in [-0.39, 0.29) is 0 Å². The van der Waals surface area contributed by atoms with E-state index >= 15 is 0 Å². The molecule has 0 unspecified atom stereocenters. The van der Waals surface area contributed by atoms with Gasteiger partial charge in [-0.3, -0.25) is 0 Å². The van der Waals surface area contributed by atoms with Gasteiger partial charge in [0.15, 0.2) is 0 Å². The summed E-state index contributed by atoms with van der Waals surface area (Å²) in [5.41, 5.74) is 8.54. The summed E-state index contributed by atoms with van der Waals surface area (Å²) in [5, 5.41) is 6.51. The highest BCUT2D eigenvalue weighted by molar-refractivity contribution is 7.25. The Hall–Kier alpha value is -5.12. The van der Waals surface area contributed by atoms with Crippen LogP contribution in [0, 0.1) is 0 Å². The third kappa shape index (κ3) is 3.30. The Kier molecular flexibility index (Phi) is 4.80. The molecule has 0 fully saturated rings. The second kappa shape index (κ2) is 8.69. The third-order valence-electron chi connectivity index (χ3n) is 8.32. The lowest BCUT2D eigenvalue weighted by molar-refractivity contribution is 1.18. The van der Waals surface area contributed by atoms with Gasteiger partial charge in [-0.2, -0.15) is 0 Å². The monoisotopic (exact) mass is 540 g/mol. The fraction of sp³-hybridized carbons (Fsp3) is 0. The van der Waals surface area contributed by atoms with Crippen molar-refractivity contribution < 1.29 is 0 Å². The van der Waals surface area contributed by atoms with Crippen LogP contribution < -0.4 is 0 Å². The molecule has 2 nitrogen and oxygen atoms in total. The zero-order chi connectivity index (χ0) is 26.9. The minimum Gasteiger partial charge on any atom is -0.309 e. The van der Waals surface area contributed by atoms with Crippen LogP contribution in [0.5, 0.6) is 0 Å². The van der Waals surface area contributed by atoms with Crippen LogP contribution in [0.2, 0.25) is 0 Å². The number of para-hydroxylation sites is 3. The van der Waals surface area contributed by atoms with E-state index < -0.39 is 0 Å². The van der Waals surface area contributed by atoms with E-state index in [0.29, 0.717) is 0 Å². The summed E-state index contributed by atoms with van der Waals surface area (Å²) in [6.45, 7) is 0. The normalized spacial score (nSPS) is 11.9. The number of nitrogens with zero attached hydrogens (tertiary/aromatic N) is 2. The molecule has 0 atom stereocenters. The summed E-state index contributed by atoms with van der Waals surface area (Å²) in [4.78, 5) is 1.30. The predicted octanol–water partition coefficient (Wildman–Crippen LogP) is 10.8. The fourth-order valence-electron chi connectivity index (χ4n) is 6.51. The fourth-order valence-corrected chi connectivity index (χ4v) is 7.76. The minimum absolute atomic E-state index is 1.18. The maximum Gasteiger partial charge on any atom is 0.109 e. The molecule has 0 saturated carbocycles. The Morgan fingerprint density at radius 2 is 0.927 bits per heavy atom. The van der Waals surface area contributed by atoms with Gasteiger partial charge in [-0.15, -0.1) is 11.3 Å². The molecule has 0 bridgehead atoms.